The third-order valence-corrected chi connectivity index (χ3v) is 2.50. The number of primary amides is 1. The highest BCUT2D eigenvalue weighted by molar-refractivity contribution is 6.29. The Labute approximate surface area is 107 Å². The fraction of sp³-hybridized carbons (Fsp3) is 0.583. The van der Waals surface area contributed by atoms with Gasteiger partial charge in [0.15, 0.2) is 0 Å². The van der Waals surface area contributed by atoms with Crippen LogP contribution in [0.15, 0.2) is 22.8 Å². The molecule has 98 valence electrons. The van der Waals surface area contributed by atoms with E-state index in [2.05, 4.69) is 0 Å². The highest BCUT2D eigenvalue weighted by Crippen LogP contribution is 2.22. The lowest BCUT2D eigenvalue weighted by atomic mass is 9.95. The molecule has 0 fully saturated rings. The van der Waals surface area contributed by atoms with Gasteiger partial charge in [-0.15, -0.1) is 0 Å². The Morgan fingerprint density at radius 1 is 1.47 bits per heavy atom. The van der Waals surface area contributed by atoms with Crippen molar-refractivity contribution in [3.05, 3.63) is 22.8 Å². The summed E-state index contributed by atoms with van der Waals surface area (Å²) in [5, 5.41) is 10.6. The summed E-state index contributed by atoms with van der Waals surface area (Å²) >= 11 is 5.90. The summed E-state index contributed by atoms with van der Waals surface area (Å²) < 4.78 is 4.91. The van der Waals surface area contributed by atoms with Crippen molar-refractivity contribution in [3.8, 4) is 0 Å². The van der Waals surface area contributed by atoms with Crippen molar-refractivity contribution >= 4 is 17.7 Å². The Morgan fingerprint density at radius 3 is 2.29 bits per heavy atom. The van der Waals surface area contributed by atoms with E-state index in [4.69, 9.17) is 22.1 Å². The Balaban J connectivity index is 5.11. The van der Waals surface area contributed by atoms with Gasteiger partial charge in [0.2, 0.25) is 0 Å². The van der Waals surface area contributed by atoms with Crippen LogP contribution in [-0.4, -0.2) is 23.4 Å². The quantitative estimate of drug-likeness (QED) is 0.747. The van der Waals surface area contributed by atoms with Crippen LogP contribution in [0.1, 0.15) is 27.7 Å². The first-order chi connectivity index (χ1) is 7.81. The number of aliphatic hydroxyl groups is 1. The fourth-order valence-corrected chi connectivity index (χ4v) is 1.65. The molecule has 0 aromatic carbocycles. The van der Waals surface area contributed by atoms with Crippen LogP contribution in [0.4, 0.5) is 4.79 Å². The van der Waals surface area contributed by atoms with E-state index >= 15 is 0 Å². The van der Waals surface area contributed by atoms with Crippen LogP contribution in [0.3, 0.4) is 0 Å². The number of amides is 1. The van der Waals surface area contributed by atoms with Crippen molar-refractivity contribution in [2.45, 2.75) is 39.9 Å². The number of hydrogen-bond donors (Lipinski definition) is 2. The predicted molar refractivity (Wildman–Crippen MR) is 68.7 cm³/mol. The molecule has 0 aromatic rings. The van der Waals surface area contributed by atoms with Gasteiger partial charge in [0, 0.05) is 5.03 Å². The molecule has 0 aliphatic carbocycles. The summed E-state index contributed by atoms with van der Waals surface area (Å²) in [5.41, 5.74) is 5.50. The number of carbonyl (C=O) groups is 1. The van der Waals surface area contributed by atoms with Crippen molar-refractivity contribution in [3.63, 3.8) is 0 Å². The number of aliphatic hydroxyl groups excluding tert-OH is 1. The SMILES string of the molecule is CC=CC(=C(C)Cl)C(O)C(OC(N)=O)C(C)C. The van der Waals surface area contributed by atoms with Gasteiger partial charge in [-0.05, 0) is 25.3 Å². The summed E-state index contributed by atoms with van der Waals surface area (Å²) in [4.78, 5) is 10.8. The van der Waals surface area contributed by atoms with Crippen LogP contribution in [0, 0.1) is 5.92 Å². The van der Waals surface area contributed by atoms with Crippen molar-refractivity contribution < 1.29 is 14.6 Å². The number of carbonyl (C=O) groups excluding carboxylic acids is 1. The summed E-state index contributed by atoms with van der Waals surface area (Å²) in [6.45, 7) is 7.13. The second-order valence-corrected chi connectivity index (χ2v) is 4.65. The Bertz CT molecular complexity index is 320. The molecule has 0 aliphatic heterocycles. The number of halogens is 1. The molecule has 2 atom stereocenters. The zero-order chi connectivity index (χ0) is 13.6. The minimum atomic E-state index is -0.990. The van der Waals surface area contributed by atoms with Crippen LogP contribution in [-0.2, 0) is 4.74 Å². The van der Waals surface area contributed by atoms with Crippen LogP contribution in [0.2, 0.25) is 0 Å². The molecule has 0 spiro atoms. The van der Waals surface area contributed by atoms with Gasteiger partial charge in [-0.1, -0.05) is 37.6 Å². The van der Waals surface area contributed by atoms with Crippen molar-refractivity contribution in [2.24, 2.45) is 11.7 Å². The molecule has 5 heteroatoms. The summed E-state index contributed by atoms with van der Waals surface area (Å²) in [7, 11) is 0. The summed E-state index contributed by atoms with van der Waals surface area (Å²) in [6, 6.07) is 0. The number of allylic oxidation sites excluding steroid dienone is 2. The first-order valence-corrected chi connectivity index (χ1v) is 5.82. The van der Waals surface area contributed by atoms with E-state index in [0.717, 1.165) is 0 Å². The lowest BCUT2D eigenvalue weighted by Gasteiger charge is -2.26. The van der Waals surface area contributed by atoms with Gasteiger partial charge in [0.1, 0.15) is 12.2 Å². The van der Waals surface area contributed by atoms with Crippen LogP contribution in [0.25, 0.3) is 0 Å². The smallest absolute Gasteiger partial charge is 0.404 e. The van der Waals surface area contributed by atoms with Gasteiger partial charge in [0.25, 0.3) is 0 Å². The van der Waals surface area contributed by atoms with E-state index in [-0.39, 0.29) is 5.92 Å². The Morgan fingerprint density at radius 2 is 2.00 bits per heavy atom. The standard InChI is InChI=1S/C12H20ClNO3/c1-5-6-9(8(4)13)10(15)11(7(2)3)17-12(14)16/h5-7,10-11,15H,1-4H3,(H2,14,16). The molecule has 0 saturated carbocycles. The minimum absolute atomic E-state index is 0.0752. The minimum Gasteiger partial charge on any atom is -0.443 e. The maximum Gasteiger partial charge on any atom is 0.404 e. The van der Waals surface area contributed by atoms with Gasteiger partial charge < -0.3 is 15.6 Å². The van der Waals surface area contributed by atoms with Gasteiger partial charge in [-0.25, -0.2) is 4.79 Å². The van der Waals surface area contributed by atoms with Crippen molar-refractivity contribution in [2.75, 3.05) is 0 Å². The second-order valence-electron chi connectivity index (χ2n) is 4.08. The number of hydrogen-bond acceptors (Lipinski definition) is 3. The highest BCUT2D eigenvalue weighted by atomic mass is 35.5. The van der Waals surface area contributed by atoms with E-state index in [9.17, 15) is 9.90 Å². The van der Waals surface area contributed by atoms with Gasteiger partial charge in [-0.2, -0.15) is 0 Å². The summed E-state index contributed by atoms with van der Waals surface area (Å²) in [6.07, 6.45) is 0.831. The number of rotatable bonds is 5. The average molecular weight is 262 g/mol. The van der Waals surface area contributed by atoms with Crippen molar-refractivity contribution in [1.29, 1.82) is 0 Å². The molecule has 0 bridgehead atoms. The molecule has 3 N–H and O–H groups in total. The number of ether oxygens (including phenoxy) is 1. The molecule has 1 amide bonds. The third-order valence-electron chi connectivity index (χ3n) is 2.28. The van der Waals surface area contributed by atoms with Crippen LogP contribution >= 0.6 is 11.6 Å². The Kier molecular flexibility index (Phi) is 6.92. The van der Waals surface area contributed by atoms with E-state index < -0.39 is 18.3 Å². The molecule has 0 heterocycles. The maximum absolute atomic E-state index is 10.8. The lowest BCUT2D eigenvalue weighted by molar-refractivity contribution is 0.0000817. The Hall–Kier alpha value is -1.00. The zero-order valence-corrected chi connectivity index (χ0v) is 11.4. The lowest BCUT2D eigenvalue weighted by Crippen LogP contribution is -2.38. The van der Waals surface area contributed by atoms with Gasteiger partial charge in [-0.3, -0.25) is 0 Å². The zero-order valence-electron chi connectivity index (χ0n) is 10.6. The van der Waals surface area contributed by atoms with Crippen LogP contribution in [0.5, 0.6) is 0 Å². The molecule has 4 nitrogen and oxygen atoms in total. The average Bonchev–Trinajstić information content (AvgIpc) is 2.20. The molecule has 0 aromatic heterocycles. The van der Waals surface area contributed by atoms with Gasteiger partial charge in [0.05, 0.1) is 0 Å². The normalized spacial score (nSPS) is 16.9. The largest absolute Gasteiger partial charge is 0.443 e. The first kappa shape index (κ1) is 16.0. The third kappa shape index (κ3) is 5.24. The first-order valence-electron chi connectivity index (χ1n) is 5.44. The monoisotopic (exact) mass is 261 g/mol. The molecule has 0 aliphatic rings. The second kappa shape index (κ2) is 7.35. The highest BCUT2D eigenvalue weighted by Gasteiger charge is 2.28. The maximum atomic E-state index is 10.8. The van der Waals surface area contributed by atoms with Gasteiger partial charge >= 0.3 is 6.09 Å². The topological polar surface area (TPSA) is 72.6 Å². The van der Waals surface area contributed by atoms with E-state index in [1.54, 1.807) is 19.1 Å². The molecule has 2 unspecified atom stereocenters. The van der Waals surface area contributed by atoms with Crippen LogP contribution < -0.4 is 5.73 Å². The van der Waals surface area contributed by atoms with E-state index in [1.165, 1.54) is 0 Å². The molecule has 0 saturated heterocycles. The van der Waals surface area contributed by atoms with E-state index in [1.807, 2.05) is 20.8 Å². The summed E-state index contributed by atoms with van der Waals surface area (Å²) in [5.74, 6) is -0.0752. The molecule has 0 radical (unpaired) electrons. The fourth-order valence-electron chi connectivity index (χ4n) is 1.47. The molecular formula is C12H20ClNO3. The van der Waals surface area contributed by atoms with E-state index in [0.29, 0.717) is 10.6 Å². The van der Waals surface area contributed by atoms with Crippen molar-refractivity contribution in [1.82, 2.24) is 0 Å². The predicted octanol–water partition coefficient (Wildman–Crippen LogP) is 2.56. The molecular weight excluding hydrogens is 242 g/mol. The molecule has 17 heavy (non-hydrogen) atoms. The molecule has 0 rings (SSSR count). The number of nitrogens with two attached hydrogens (primary N) is 1.